The molecule has 1 aliphatic heterocycles. The largest absolute Gasteiger partial charge is 0.335 e. The van der Waals surface area contributed by atoms with Crippen LogP contribution in [0.1, 0.15) is 24.6 Å². The first-order valence-corrected chi connectivity index (χ1v) is 4.55. The molecule has 0 spiro atoms. The Bertz CT molecular complexity index is 308. The van der Waals surface area contributed by atoms with Crippen molar-refractivity contribution in [3.8, 4) is 0 Å². The average Bonchev–Trinajstić information content (AvgIpc) is 2.53. The highest BCUT2D eigenvalue weighted by Crippen LogP contribution is 2.13. The fourth-order valence-electron chi connectivity index (χ4n) is 1.44. The number of nitrogens with one attached hydrogen (secondary N) is 1. The van der Waals surface area contributed by atoms with Crippen molar-refractivity contribution in [1.82, 2.24) is 15.5 Å². The van der Waals surface area contributed by atoms with Gasteiger partial charge in [-0.3, -0.25) is 0 Å². The van der Waals surface area contributed by atoms with Crippen LogP contribution in [0.2, 0.25) is 0 Å². The van der Waals surface area contributed by atoms with E-state index in [4.69, 9.17) is 4.52 Å². The molecule has 4 nitrogen and oxygen atoms in total. The average molecular weight is 179 g/mol. The molecule has 4 heteroatoms. The molecular formula is C9H13N3O. The standard InChI is InChI=1S/C9H13N3O/c1-7-11-9(13-12-7)6-8-2-4-10-5-3-8/h6,10H,2-5H2,1H3. The summed E-state index contributed by atoms with van der Waals surface area (Å²) in [6, 6.07) is 0. The quantitative estimate of drug-likeness (QED) is 0.702. The summed E-state index contributed by atoms with van der Waals surface area (Å²) in [4.78, 5) is 4.13. The van der Waals surface area contributed by atoms with Crippen molar-refractivity contribution < 1.29 is 4.52 Å². The molecule has 2 heterocycles. The topological polar surface area (TPSA) is 51.0 Å². The smallest absolute Gasteiger partial charge is 0.250 e. The SMILES string of the molecule is Cc1noc(C=C2CCNCC2)n1. The molecule has 0 atom stereocenters. The number of hydrogen-bond donors (Lipinski definition) is 1. The van der Waals surface area contributed by atoms with E-state index < -0.39 is 0 Å². The second-order valence-electron chi connectivity index (χ2n) is 3.23. The maximum absolute atomic E-state index is 5.01. The van der Waals surface area contributed by atoms with Gasteiger partial charge in [0.15, 0.2) is 5.82 Å². The Morgan fingerprint density at radius 1 is 1.38 bits per heavy atom. The van der Waals surface area contributed by atoms with Crippen LogP contribution in [-0.4, -0.2) is 23.2 Å². The molecule has 2 rings (SSSR count). The van der Waals surface area contributed by atoms with Crippen LogP contribution in [0.15, 0.2) is 10.1 Å². The van der Waals surface area contributed by atoms with Gasteiger partial charge in [0.2, 0.25) is 0 Å². The third-order valence-electron chi connectivity index (χ3n) is 2.12. The van der Waals surface area contributed by atoms with E-state index in [1.54, 1.807) is 0 Å². The zero-order valence-electron chi connectivity index (χ0n) is 7.71. The first-order chi connectivity index (χ1) is 6.34. The molecule has 0 bridgehead atoms. The van der Waals surface area contributed by atoms with Crippen molar-refractivity contribution in [2.75, 3.05) is 13.1 Å². The number of nitrogens with zero attached hydrogens (tertiary/aromatic N) is 2. The van der Waals surface area contributed by atoms with Gasteiger partial charge in [-0.1, -0.05) is 10.7 Å². The Kier molecular flexibility index (Phi) is 2.40. The van der Waals surface area contributed by atoms with Gasteiger partial charge in [-0.25, -0.2) is 0 Å². The molecule has 1 N–H and O–H groups in total. The number of aromatic nitrogens is 2. The summed E-state index contributed by atoms with van der Waals surface area (Å²) >= 11 is 0. The van der Waals surface area contributed by atoms with E-state index in [0.29, 0.717) is 11.7 Å². The third-order valence-corrected chi connectivity index (χ3v) is 2.12. The van der Waals surface area contributed by atoms with Crippen LogP contribution in [-0.2, 0) is 0 Å². The number of piperidine rings is 1. The number of aryl methyl sites for hydroxylation is 1. The van der Waals surface area contributed by atoms with E-state index in [1.165, 1.54) is 5.57 Å². The molecule has 1 fully saturated rings. The molecule has 0 unspecified atom stereocenters. The second-order valence-corrected chi connectivity index (χ2v) is 3.23. The van der Waals surface area contributed by atoms with E-state index in [9.17, 15) is 0 Å². The summed E-state index contributed by atoms with van der Waals surface area (Å²) in [7, 11) is 0. The van der Waals surface area contributed by atoms with Gasteiger partial charge < -0.3 is 9.84 Å². The predicted molar refractivity (Wildman–Crippen MR) is 49.1 cm³/mol. The lowest BCUT2D eigenvalue weighted by Gasteiger charge is -2.13. The summed E-state index contributed by atoms with van der Waals surface area (Å²) in [5.41, 5.74) is 1.39. The summed E-state index contributed by atoms with van der Waals surface area (Å²) < 4.78 is 5.01. The maximum atomic E-state index is 5.01. The Morgan fingerprint density at radius 2 is 2.15 bits per heavy atom. The van der Waals surface area contributed by atoms with Crippen LogP contribution in [0.5, 0.6) is 0 Å². The highest BCUT2D eigenvalue weighted by molar-refractivity contribution is 5.43. The zero-order chi connectivity index (χ0) is 9.10. The van der Waals surface area contributed by atoms with Crippen LogP contribution in [0.25, 0.3) is 6.08 Å². The Hall–Kier alpha value is -1.16. The van der Waals surface area contributed by atoms with E-state index in [2.05, 4.69) is 15.5 Å². The van der Waals surface area contributed by atoms with Gasteiger partial charge in [0, 0.05) is 6.08 Å². The fraction of sp³-hybridized carbons (Fsp3) is 0.556. The van der Waals surface area contributed by atoms with E-state index in [0.717, 1.165) is 25.9 Å². The van der Waals surface area contributed by atoms with Gasteiger partial charge in [-0.2, -0.15) is 4.98 Å². The molecule has 13 heavy (non-hydrogen) atoms. The lowest BCUT2D eigenvalue weighted by molar-refractivity contribution is 0.404. The minimum Gasteiger partial charge on any atom is -0.335 e. The van der Waals surface area contributed by atoms with Crippen molar-refractivity contribution >= 4 is 6.08 Å². The van der Waals surface area contributed by atoms with E-state index >= 15 is 0 Å². The first-order valence-electron chi connectivity index (χ1n) is 4.55. The molecular weight excluding hydrogens is 166 g/mol. The van der Waals surface area contributed by atoms with Crippen molar-refractivity contribution in [2.45, 2.75) is 19.8 Å². The molecule has 0 saturated carbocycles. The maximum Gasteiger partial charge on any atom is 0.250 e. The van der Waals surface area contributed by atoms with Crippen molar-refractivity contribution in [3.05, 3.63) is 17.3 Å². The molecule has 0 amide bonds. The second kappa shape index (κ2) is 3.70. The van der Waals surface area contributed by atoms with Gasteiger partial charge in [0.1, 0.15) is 0 Å². The van der Waals surface area contributed by atoms with Crippen molar-refractivity contribution in [1.29, 1.82) is 0 Å². The fourth-order valence-corrected chi connectivity index (χ4v) is 1.44. The summed E-state index contributed by atoms with van der Waals surface area (Å²) in [6.07, 6.45) is 4.17. The van der Waals surface area contributed by atoms with Gasteiger partial charge in [-0.05, 0) is 32.9 Å². The molecule has 0 radical (unpaired) electrons. The summed E-state index contributed by atoms with van der Waals surface area (Å²) in [5, 5.41) is 7.03. The van der Waals surface area contributed by atoms with E-state index in [1.807, 2.05) is 13.0 Å². The van der Waals surface area contributed by atoms with E-state index in [-0.39, 0.29) is 0 Å². The number of hydrogen-bond acceptors (Lipinski definition) is 4. The first kappa shape index (κ1) is 8.44. The van der Waals surface area contributed by atoms with Gasteiger partial charge in [0.05, 0.1) is 0 Å². The molecule has 70 valence electrons. The highest BCUT2D eigenvalue weighted by Gasteiger charge is 2.06. The zero-order valence-corrected chi connectivity index (χ0v) is 7.71. The van der Waals surface area contributed by atoms with Gasteiger partial charge in [-0.15, -0.1) is 0 Å². The monoisotopic (exact) mass is 179 g/mol. The van der Waals surface area contributed by atoms with Crippen molar-refractivity contribution in [3.63, 3.8) is 0 Å². The van der Waals surface area contributed by atoms with Crippen LogP contribution < -0.4 is 5.32 Å². The number of rotatable bonds is 1. The summed E-state index contributed by atoms with van der Waals surface area (Å²) in [5.74, 6) is 1.33. The van der Waals surface area contributed by atoms with Crippen molar-refractivity contribution in [2.24, 2.45) is 0 Å². The third kappa shape index (κ3) is 2.15. The molecule has 1 aromatic heterocycles. The minimum atomic E-state index is 0.634. The molecule has 1 aliphatic rings. The van der Waals surface area contributed by atoms with Crippen LogP contribution in [0, 0.1) is 6.92 Å². The van der Waals surface area contributed by atoms with Crippen LogP contribution in [0.4, 0.5) is 0 Å². The Balaban J connectivity index is 2.09. The normalized spacial score (nSPS) is 17.5. The molecule has 1 aromatic rings. The minimum absolute atomic E-state index is 0.634. The Labute approximate surface area is 77.0 Å². The lowest BCUT2D eigenvalue weighted by Crippen LogP contribution is -2.22. The van der Waals surface area contributed by atoms with Gasteiger partial charge >= 0.3 is 0 Å². The lowest BCUT2D eigenvalue weighted by atomic mass is 10.1. The van der Waals surface area contributed by atoms with Crippen LogP contribution in [0.3, 0.4) is 0 Å². The highest BCUT2D eigenvalue weighted by atomic mass is 16.5. The summed E-state index contributed by atoms with van der Waals surface area (Å²) in [6.45, 7) is 3.94. The predicted octanol–water partition coefficient (Wildman–Crippen LogP) is 1.14. The van der Waals surface area contributed by atoms with Gasteiger partial charge in [0.25, 0.3) is 5.89 Å². The van der Waals surface area contributed by atoms with Crippen LogP contribution >= 0.6 is 0 Å². The molecule has 0 aromatic carbocycles. The molecule has 0 aliphatic carbocycles. The Morgan fingerprint density at radius 3 is 2.77 bits per heavy atom. The molecule has 1 saturated heterocycles.